The van der Waals surface area contributed by atoms with Crippen LogP contribution in [0, 0.1) is 5.92 Å². The Morgan fingerprint density at radius 3 is 2.67 bits per heavy atom. The Labute approximate surface area is 76.2 Å². The SMILES string of the molecule is CCNCC=CC1CCCCC1. The summed E-state index contributed by atoms with van der Waals surface area (Å²) in [5.74, 6) is 0.886. The molecule has 1 aliphatic rings. The standard InChI is InChI=1S/C11H21N/c1-2-12-10-6-9-11-7-4-3-5-8-11/h6,9,11-12H,2-5,7-8,10H2,1H3. The van der Waals surface area contributed by atoms with Crippen molar-refractivity contribution in [1.82, 2.24) is 5.32 Å². The predicted octanol–water partition coefficient (Wildman–Crippen LogP) is 2.73. The highest BCUT2D eigenvalue weighted by atomic mass is 14.8. The fraction of sp³-hybridized carbons (Fsp3) is 0.818. The van der Waals surface area contributed by atoms with Crippen molar-refractivity contribution in [2.75, 3.05) is 13.1 Å². The summed E-state index contributed by atoms with van der Waals surface area (Å²) in [4.78, 5) is 0. The minimum atomic E-state index is 0.886. The van der Waals surface area contributed by atoms with E-state index in [-0.39, 0.29) is 0 Å². The molecule has 1 aliphatic carbocycles. The number of hydrogen-bond acceptors (Lipinski definition) is 1. The molecule has 0 aliphatic heterocycles. The second-order valence-corrected chi connectivity index (χ2v) is 3.63. The number of allylic oxidation sites excluding steroid dienone is 1. The van der Waals surface area contributed by atoms with Crippen molar-refractivity contribution in [1.29, 1.82) is 0 Å². The molecule has 0 amide bonds. The first-order valence-corrected chi connectivity index (χ1v) is 5.31. The van der Waals surface area contributed by atoms with E-state index in [1.165, 1.54) is 32.1 Å². The van der Waals surface area contributed by atoms with Crippen LogP contribution in [0.4, 0.5) is 0 Å². The van der Waals surface area contributed by atoms with Crippen LogP contribution in [0.1, 0.15) is 39.0 Å². The van der Waals surface area contributed by atoms with Crippen molar-refractivity contribution in [3.63, 3.8) is 0 Å². The maximum absolute atomic E-state index is 3.30. The highest BCUT2D eigenvalue weighted by Crippen LogP contribution is 2.24. The van der Waals surface area contributed by atoms with Crippen LogP contribution >= 0.6 is 0 Å². The summed E-state index contributed by atoms with van der Waals surface area (Å²) in [6.07, 6.45) is 11.9. The lowest BCUT2D eigenvalue weighted by Crippen LogP contribution is -2.12. The van der Waals surface area contributed by atoms with Crippen molar-refractivity contribution in [2.24, 2.45) is 5.92 Å². The smallest absolute Gasteiger partial charge is 0.0134 e. The normalized spacial score (nSPS) is 20.4. The van der Waals surface area contributed by atoms with Crippen LogP contribution in [0.15, 0.2) is 12.2 Å². The molecule has 1 heteroatoms. The molecule has 0 aromatic carbocycles. The Kier molecular flexibility index (Phi) is 5.09. The van der Waals surface area contributed by atoms with Gasteiger partial charge in [-0.05, 0) is 25.3 Å². The molecule has 1 rings (SSSR count). The molecule has 0 heterocycles. The van der Waals surface area contributed by atoms with Gasteiger partial charge >= 0.3 is 0 Å². The van der Waals surface area contributed by atoms with E-state index in [0.717, 1.165) is 19.0 Å². The van der Waals surface area contributed by atoms with Crippen LogP contribution in [0.5, 0.6) is 0 Å². The van der Waals surface area contributed by atoms with Gasteiger partial charge in [0.15, 0.2) is 0 Å². The van der Waals surface area contributed by atoms with E-state index in [0.29, 0.717) is 0 Å². The Hall–Kier alpha value is -0.300. The van der Waals surface area contributed by atoms with Crippen LogP contribution < -0.4 is 5.32 Å². The Balaban J connectivity index is 2.07. The molecule has 0 spiro atoms. The molecule has 1 fully saturated rings. The first-order valence-electron chi connectivity index (χ1n) is 5.31. The molecule has 0 aromatic heterocycles. The van der Waals surface area contributed by atoms with Gasteiger partial charge in [0.05, 0.1) is 0 Å². The van der Waals surface area contributed by atoms with Gasteiger partial charge in [0, 0.05) is 6.54 Å². The summed E-state index contributed by atoms with van der Waals surface area (Å²) >= 11 is 0. The third-order valence-electron chi connectivity index (χ3n) is 2.57. The molecule has 12 heavy (non-hydrogen) atoms. The zero-order valence-electron chi connectivity index (χ0n) is 8.18. The monoisotopic (exact) mass is 167 g/mol. The van der Waals surface area contributed by atoms with Crippen molar-refractivity contribution in [3.8, 4) is 0 Å². The van der Waals surface area contributed by atoms with Gasteiger partial charge < -0.3 is 5.32 Å². The summed E-state index contributed by atoms with van der Waals surface area (Å²) in [5, 5.41) is 3.30. The Morgan fingerprint density at radius 1 is 1.25 bits per heavy atom. The van der Waals surface area contributed by atoms with Gasteiger partial charge in [-0.3, -0.25) is 0 Å². The molecule has 0 unspecified atom stereocenters. The van der Waals surface area contributed by atoms with Crippen molar-refractivity contribution in [2.45, 2.75) is 39.0 Å². The summed E-state index contributed by atoms with van der Waals surface area (Å²) in [6, 6.07) is 0. The number of nitrogens with one attached hydrogen (secondary N) is 1. The fourth-order valence-corrected chi connectivity index (χ4v) is 1.81. The van der Waals surface area contributed by atoms with E-state index in [4.69, 9.17) is 0 Å². The highest BCUT2D eigenvalue weighted by Gasteiger charge is 2.08. The van der Waals surface area contributed by atoms with Gasteiger partial charge in [0.25, 0.3) is 0 Å². The Bertz CT molecular complexity index is 123. The molecule has 0 radical (unpaired) electrons. The molecule has 0 saturated heterocycles. The number of rotatable bonds is 4. The molecule has 0 aromatic rings. The van der Waals surface area contributed by atoms with Crippen LogP contribution in [0.2, 0.25) is 0 Å². The topological polar surface area (TPSA) is 12.0 Å². The summed E-state index contributed by atoms with van der Waals surface area (Å²) in [5.41, 5.74) is 0. The third-order valence-corrected chi connectivity index (χ3v) is 2.57. The molecule has 1 N–H and O–H groups in total. The van der Waals surface area contributed by atoms with Crippen LogP contribution in [-0.4, -0.2) is 13.1 Å². The predicted molar refractivity (Wildman–Crippen MR) is 54.3 cm³/mol. The minimum absolute atomic E-state index is 0.886. The van der Waals surface area contributed by atoms with Gasteiger partial charge in [-0.25, -0.2) is 0 Å². The average Bonchev–Trinajstić information content (AvgIpc) is 2.14. The highest BCUT2D eigenvalue weighted by molar-refractivity contribution is 4.90. The first-order chi connectivity index (χ1) is 5.93. The van der Waals surface area contributed by atoms with Gasteiger partial charge in [-0.2, -0.15) is 0 Å². The van der Waals surface area contributed by atoms with Crippen molar-refractivity contribution >= 4 is 0 Å². The fourth-order valence-electron chi connectivity index (χ4n) is 1.81. The maximum Gasteiger partial charge on any atom is 0.0134 e. The molecular formula is C11H21N. The lowest BCUT2D eigenvalue weighted by Gasteiger charge is -2.17. The van der Waals surface area contributed by atoms with Gasteiger partial charge in [-0.1, -0.05) is 38.3 Å². The average molecular weight is 167 g/mol. The van der Waals surface area contributed by atoms with Crippen molar-refractivity contribution in [3.05, 3.63) is 12.2 Å². The zero-order chi connectivity index (χ0) is 8.65. The van der Waals surface area contributed by atoms with Crippen molar-refractivity contribution < 1.29 is 0 Å². The molecule has 1 nitrogen and oxygen atoms in total. The number of likely N-dealkylation sites (N-methyl/N-ethyl adjacent to an activating group) is 1. The maximum atomic E-state index is 3.30. The zero-order valence-corrected chi connectivity index (χ0v) is 8.18. The van der Waals surface area contributed by atoms with E-state index >= 15 is 0 Å². The molecule has 0 bridgehead atoms. The minimum Gasteiger partial charge on any atom is -0.314 e. The number of hydrogen-bond donors (Lipinski definition) is 1. The van der Waals surface area contributed by atoms with E-state index in [9.17, 15) is 0 Å². The summed E-state index contributed by atoms with van der Waals surface area (Å²) in [7, 11) is 0. The molecule has 70 valence electrons. The second-order valence-electron chi connectivity index (χ2n) is 3.63. The molecule has 0 atom stereocenters. The van der Waals surface area contributed by atoms with Crippen LogP contribution in [0.25, 0.3) is 0 Å². The molecular weight excluding hydrogens is 146 g/mol. The van der Waals surface area contributed by atoms with Crippen LogP contribution in [0.3, 0.4) is 0 Å². The lowest BCUT2D eigenvalue weighted by atomic mass is 9.89. The van der Waals surface area contributed by atoms with E-state index in [1.54, 1.807) is 0 Å². The largest absolute Gasteiger partial charge is 0.314 e. The Morgan fingerprint density at radius 2 is 2.00 bits per heavy atom. The van der Waals surface area contributed by atoms with Crippen LogP contribution in [-0.2, 0) is 0 Å². The van der Waals surface area contributed by atoms with E-state index in [2.05, 4.69) is 24.4 Å². The quantitative estimate of drug-likeness (QED) is 0.501. The van der Waals surface area contributed by atoms with Gasteiger partial charge in [0.1, 0.15) is 0 Å². The summed E-state index contributed by atoms with van der Waals surface area (Å²) < 4.78 is 0. The summed E-state index contributed by atoms with van der Waals surface area (Å²) in [6.45, 7) is 4.27. The third kappa shape index (κ3) is 3.91. The lowest BCUT2D eigenvalue weighted by molar-refractivity contribution is 0.419. The van der Waals surface area contributed by atoms with E-state index in [1.807, 2.05) is 0 Å². The molecule has 1 saturated carbocycles. The van der Waals surface area contributed by atoms with Gasteiger partial charge in [-0.15, -0.1) is 0 Å². The first kappa shape index (κ1) is 9.79. The second kappa shape index (κ2) is 6.24. The van der Waals surface area contributed by atoms with Gasteiger partial charge in [0.2, 0.25) is 0 Å². The van der Waals surface area contributed by atoms with E-state index < -0.39 is 0 Å².